The molecule has 0 aromatic carbocycles. The Balaban J connectivity index is 2.22. The van der Waals surface area contributed by atoms with Gasteiger partial charge in [-0.2, -0.15) is 0 Å². The van der Waals surface area contributed by atoms with Crippen LogP contribution in [0.4, 0.5) is 0 Å². The number of hydrogen-bond acceptors (Lipinski definition) is 1. The first-order valence-electron chi connectivity index (χ1n) is 4.66. The fraction of sp³-hybridized carbons (Fsp3) is 0.800. The van der Waals surface area contributed by atoms with Crippen molar-refractivity contribution in [2.75, 3.05) is 19.6 Å². The third-order valence-corrected chi connectivity index (χ3v) is 2.34. The van der Waals surface area contributed by atoms with E-state index in [2.05, 4.69) is 30.9 Å². The van der Waals surface area contributed by atoms with E-state index >= 15 is 0 Å². The molecule has 0 aromatic heterocycles. The molecule has 0 N–H and O–H groups in total. The maximum absolute atomic E-state index is 2.54. The summed E-state index contributed by atoms with van der Waals surface area (Å²) in [7, 11) is 0. The fourth-order valence-corrected chi connectivity index (χ4v) is 1.71. The first-order valence-corrected chi connectivity index (χ1v) is 4.66. The lowest BCUT2D eigenvalue weighted by atomic mass is 10.0. The van der Waals surface area contributed by atoms with Gasteiger partial charge in [-0.05, 0) is 32.2 Å². The standard InChI is InChI=1S/C10H19N/c1-3-4-7-11-8-5-6-10(2)9-11/h3-4,10H,5-9H2,1-2H3/b4-3+/t10-/m0/s1. The van der Waals surface area contributed by atoms with E-state index in [1.807, 2.05) is 0 Å². The Bertz CT molecular complexity index is 129. The normalized spacial score (nSPS) is 28.0. The molecule has 1 heterocycles. The van der Waals surface area contributed by atoms with E-state index in [1.54, 1.807) is 0 Å². The second kappa shape index (κ2) is 4.55. The van der Waals surface area contributed by atoms with E-state index in [4.69, 9.17) is 0 Å². The molecule has 1 saturated heterocycles. The first kappa shape index (κ1) is 8.79. The molecule has 0 spiro atoms. The molecule has 1 heteroatoms. The van der Waals surface area contributed by atoms with Gasteiger partial charge in [0.25, 0.3) is 0 Å². The van der Waals surface area contributed by atoms with Gasteiger partial charge >= 0.3 is 0 Å². The van der Waals surface area contributed by atoms with Gasteiger partial charge in [-0.1, -0.05) is 19.1 Å². The Morgan fingerprint density at radius 3 is 3.00 bits per heavy atom. The van der Waals surface area contributed by atoms with Gasteiger partial charge in [0.1, 0.15) is 0 Å². The summed E-state index contributed by atoms with van der Waals surface area (Å²) in [6, 6.07) is 0. The Labute approximate surface area is 70.1 Å². The first-order chi connectivity index (χ1) is 5.33. The molecule has 0 aliphatic carbocycles. The molecular formula is C10H19N. The van der Waals surface area contributed by atoms with Gasteiger partial charge in [-0.3, -0.25) is 4.90 Å². The van der Waals surface area contributed by atoms with E-state index in [9.17, 15) is 0 Å². The highest BCUT2D eigenvalue weighted by Crippen LogP contribution is 2.14. The Kier molecular flexibility index (Phi) is 3.64. The van der Waals surface area contributed by atoms with E-state index in [0.29, 0.717) is 0 Å². The summed E-state index contributed by atoms with van der Waals surface area (Å²) in [6.45, 7) is 8.19. The third-order valence-electron chi connectivity index (χ3n) is 2.34. The van der Waals surface area contributed by atoms with E-state index in [-0.39, 0.29) is 0 Å². The van der Waals surface area contributed by atoms with Crippen LogP contribution < -0.4 is 0 Å². The maximum atomic E-state index is 2.54. The van der Waals surface area contributed by atoms with Crippen LogP contribution in [-0.2, 0) is 0 Å². The van der Waals surface area contributed by atoms with Gasteiger partial charge in [0.05, 0.1) is 0 Å². The minimum atomic E-state index is 0.911. The molecule has 1 aliphatic rings. The third kappa shape index (κ3) is 3.06. The molecule has 11 heavy (non-hydrogen) atoms. The molecule has 64 valence electrons. The van der Waals surface area contributed by atoms with Gasteiger partial charge in [-0.25, -0.2) is 0 Å². The fourth-order valence-electron chi connectivity index (χ4n) is 1.71. The summed E-state index contributed by atoms with van der Waals surface area (Å²) in [5, 5.41) is 0. The quantitative estimate of drug-likeness (QED) is 0.550. The molecule has 0 bridgehead atoms. The molecule has 0 aromatic rings. The van der Waals surface area contributed by atoms with E-state index in [1.165, 1.54) is 25.9 Å². The van der Waals surface area contributed by atoms with Crippen molar-refractivity contribution in [2.24, 2.45) is 5.92 Å². The van der Waals surface area contributed by atoms with Gasteiger partial charge in [-0.15, -0.1) is 0 Å². The number of nitrogens with zero attached hydrogens (tertiary/aromatic N) is 1. The molecule has 1 fully saturated rings. The van der Waals surface area contributed by atoms with E-state index in [0.717, 1.165) is 12.5 Å². The number of rotatable bonds is 2. The van der Waals surface area contributed by atoms with Crippen LogP contribution >= 0.6 is 0 Å². The van der Waals surface area contributed by atoms with Crippen LogP contribution in [0.15, 0.2) is 12.2 Å². The smallest absolute Gasteiger partial charge is 0.0163 e. The number of piperidine rings is 1. The van der Waals surface area contributed by atoms with Gasteiger partial charge in [0.2, 0.25) is 0 Å². The van der Waals surface area contributed by atoms with Gasteiger partial charge < -0.3 is 0 Å². The molecule has 1 aliphatic heterocycles. The predicted molar refractivity (Wildman–Crippen MR) is 49.7 cm³/mol. The topological polar surface area (TPSA) is 3.24 Å². The molecule has 0 unspecified atom stereocenters. The summed E-state index contributed by atoms with van der Waals surface area (Å²) in [6.07, 6.45) is 7.20. The van der Waals surface area contributed by atoms with Crippen molar-refractivity contribution in [1.29, 1.82) is 0 Å². The van der Waals surface area contributed by atoms with Crippen molar-refractivity contribution in [3.05, 3.63) is 12.2 Å². The highest BCUT2D eigenvalue weighted by Gasteiger charge is 2.13. The zero-order valence-electron chi connectivity index (χ0n) is 7.71. The monoisotopic (exact) mass is 153 g/mol. The van der Waals surface area contributed by atoms with Crippen molar-refractivity contribution in [3.8, 4) is 0 Å². The summed E-state index contributed by atoms with van der Waals surface area (Å²) >= 11 is 0. The average Bonchev–Trinajstić information content (AvgIpc) is 2.01. The number of allylic oxidation sites excluding steroid dienone is 1. The summed E-state index contributed by atoms with van der Waals surface area (Å²) < 4.78 is 0. The Morgan fingerprint density at radius 2 is 2.36 bits per heavy atom. The summed E-state index contributed by atoms with van der Waals surface area (Å²) in [5.41, 5.74) is 0. The highest BCUT2D eigenvalue weighted by atomic mass is 15.1. The van der Waals surface area contributed by atoms with Crippen LogP contribution in [0.2, 0.25) is 0 Å². The van der Waals surface area contributed by atoms with Crippen molar-refractivity contribution in [1.82, 2.24) is 4.90 Å². The van der Waals surface area contributed by atoms with Crippen molar-refractivity contribution in [3.63, 3.8) is 0 Å². The van der Waals surface area contributed by atoms with Crippen molar-refractivity contribution < 1.29 is 0 Å². The lowest BCUT2D eigenvalue weighted by Crippen LogP contribution is -2.34. The number of hydrogen-bond donors (Lipinski definition) is 0. The van der Waals surface area contributed by atoms with Crippen LogP contribution in [0.25, 0.3) is 0 Å². The highest BCUT2D eigenvalue weighted by molar-refractivity contribution is 4.83. The second-order valence-electron chi connectivity index (χ2n) is 3.58. The molecule has 0 radical (unpaired) electrons. The number of likely N-dealkylation sites (tertiary alicyclic amines) is 1. The van der Waals surface area contributed by atoms with Gasteiger partial charge in [0, 0.05) is 13.1 Å². The summed E-state index contributed by atoms with van der Waals surface area (Å²) in [5.74, 6) is 0.911. The molecule has 0 amide bonds. The minimum absolute atomic E-state index is 0.911. The molecular weight excluding hydrogens is 134 g/mol. The van der Waals surface area contributed by atoms with Crippen LogP contribution in [0.5, 0.6) is 0 Å². The molecule has 1 rings (SSSR count). The summed E-state index contributed by atoms with van der Waals surface area (Å²) in [4.78, 5) is 2.54. The van der Waals surface area contributed by atoms with E-state index < -0.39 is 0 Å². The maximum Gasteiger partial charge on any atom is 0.0163 e. The lowest BCUT2D eigenvalue weighted by molar-refractivity contribution is 0.201. The minimum Gasteiger partial charge on any atom is -0.299 e. The zero-order chi connectivity index (χ0) is 8.10. The Morgan fingerprint density at radius 1 is 1.55 bits per heavy atom. The lowest BCUT2D eigenvalue weighted by Gasteiger charge is -2.29. The van der Waals surface area contributed by atoms with Crippen LogP contribution in [0, 0.1) is 5.92 Å². The van der Waals surface area contributed by atoms with Crippen molar-refractivity contribution >= 4 is 0 Å². The van der Waals surface area contributed by atoms with Crippen LogP contribution in [0.1, 0.15) is 26.7 Å². The van der Waals surface area contributed by atoms with Gasteiger partial charge in [0.15, 0.2) is 0 Å². The van der Waals surface area contributed by atoms with Crippen LogP contribution in [0.3, 0.4) is 0 Å². The predicted octanol–water partition coefficient (Wildman–Crippen LogP) is 2.29. The second-order valence-corrected chi connectivity index (χ2v) is 3.58. The SMILES string of the molecule is C/C=C/CN1CCC[C@H](C)C1. The van der Waals surface area contributed by atoms with Crippen molar-refractivity contribution in [2.45, 2.75) is 26.7 Å². The average molecular weight is 153 g/mol. The molecule has 1 atom stereocenters. The zero-order valence-corrected chi connectivity index (χ0v) is 7.71. The molecule has 1 nitrogen and oxygen atoms in total. The van der Waals surface area contributed by atoms with Crippen LogP contribution in [-0.4, -0.2) is 24.5 Å². The largest absolute Gasteiger partial charge is 0.299 e. The molecule has 0 saturated carbocycles. The Hall–Kier alpha value is -0.300.